The number of fused-ring (bicyclic) bond motifs is 1. The minimum absolute atomic E-state index is 0.0272. The highest BCUT2D eigenvalue weighted by atomic mass is 19.3. The maximum atomic E-state index is 13.4. The molecule has 0 bridgehead atoms. The van der Waals surface area contributed by atoms with Crippen LogP contribution in [0.15, 0.2) is 12.1 Å². The topological polar surface area (TPSA) is 47.9 Å². The Morgan fingerprint density at radius 2 is 2.25 bits per heavy atom. The van der Waals surface area contributed by atoms with E-state index in [1.165, 1.54) is 6.21 Å². The Labute approximate surface area is 118 Å². The van der Waals surface area contributed by atoms with Crippen molar-refractivity contribution in [2.45, 2.75) is 31.6 Å². The highest BCUT2D eigenvalue weighted by molar-refractivity contribution is 5.73. The van der Waals surface area contributed by atoms with Crippen LogP contribution in [0.1, 0.15) is 36.5 Å². The van der Waals surface area contributed by atoms with Gasteiger partial charge in [0.2, 0.25) is 0 Å². The van der Waals surface area contributed by atoms with Crippen LogP contribution in [-0.2, 0) is 11.8 Å². The Morgan fingerprint density at radius 3 is 2.85 bits per heavy atom. The highest BCUT2D eigenvalue weighted by Crippen LogP contribution is 2.36. The number of alkyl halides is 2. The quantitative estimate of drug-likeness (QED) is 0.726. The summed E-state index contributed by atoms with van der Waals surface area (Å²) in [6.45, 7) is 3.11. The molecule has 1 aromatic rings. The van der Waals surface area contributed by atoms with Crippen LogP contribution in [-0.4, -0.2) is 26.4 Å². The van der Waals surface area contributed by atoms with Crippen molar-refractivity contribution in [1.82, 2.24) is 5.32 Å². The van der Waals surface area contributed by atoms with E-state index in [1.807, 2.05) is 13.0 Å². The van der Waals surface area contributed by atoms with Crippen LogP contribution in [0.3, 0.4) is 0 Å². The van der Waals surface area contributed by atoms with Crippen molar-refractivity contribution < 1.29 is 8.78 Å². The molecule has 0 aromatic heterocycles. The molecule has 1 aliphatic heterocycles. The van der Waals surface area contributed by atoms with Crippen LogP contribution in [0, 0.1) is 5.41 Å². The Morgan fingerprint density at radius 1 is 1.50 bits per heavy atom. The zero-order valence-corrected chi connectivity index (χ0v) is 11.9. The van der Waals surface area contributed by atoms with E-state index in [0.717, 1.165) is 30.6 Å². The van der Waals surface area contributed by atoms with Gasteiger partial charge in [-0.05, 0) is 44.0 Å². The molecule has 0 fully saturated rings. The third kappa shape index (κ3) is 2.68. The van der Waals surface area contributed by atoms with Crippen molar-refractivity contribution in [2.24, 2.45) is 0 Å². The number of likely N-dealkylation sites (N-methyl/N-ethyl adjacent to an activating group) is 1. The van der Waals surface area contributed by atoms with Crippen LogP contribution in [0.5, 0.6) is 0 Å². The van der Waals surface area contributed by atoms with Gasteiger partial charge in [0.1, 0.15) is 0 Å². The van der Waals surface area contributed by atoms with Crippen molar-refractivity contribution in [3.05, 3.63) is 28.8 Å². The third-order valence-electron chi connectivity index (χ3n) is 3.93. The van der Waals surface area contributed by atoms with Gasteiger partial charge in [-0.15, -0.1) is 0 Å². The van der Waals surface area contributed by atoms with E-state index in [4.69, 9.17) is 5.41 Å². The van der Waals surface area contributed by atoms with E-state index in [9.17, 15) is 8.78 Å². The van der Waals surface area contributed by atoms with Gasteiger partial charge in [0.25, 0.3) is 6.43 Å². The van der Waals surface area contributed by atoms with Crippen molar-refractivity contribution in [3.63, 3.8) is 0 Å². The van der Waals surface area contributed by atoms with E-state index < -0.39 is 11.8 Å². The SMILES string of the molecule is CNCC(C)(C=N)c1cc2c(cc1C(F)F)NCCC2. The largest absolute Gasteiger partial charge is 0.385 e. The monoisotopic (exact) mass is 281 g/mol. The predicted octanol–water partition coefficient (Wildman–Crippen LogP) is 3.11. The van der Waals surface area contributed by atoms with Gasteiger partial charge in [0.15, 0.2) is 0 Å². The zero-order valence-electron chi connectivity index (χ0n) is 11.9. The number of benzene rings is 1. The maximum Gasteiger partial charge on any atom is 0.264 e. The first-order valence-corrected chi connectivity index (χ1v) is 6.87. The van der Waals surface area contributed by atoms with Gasteiger partial charge < -0.3 is 16.0 Å². The number of anilines is 1. The molecule has 1 aliphatic rings. The number of hydrogen-bond acceptors (Lipinski definition) is 3. The Hall–Kier alpha value is -1.49. The molecular weight excluding hydrogens is 260 g/mol. The molecule has 3 nitrogen and oxygen atoms in total. The molecule has 2 rings (SSSR count). The lowest BCUT2D eigenvalue weighted by atomic mass is 9.79. The summed E-state index contributed by atoms with van der Waals surface area (Å²) in [7, 11) is 1.77. The summed E-state index contributed by atoms with van der Waals surface area (Å²) in [5, 5.41) is 13.8. The van der Waals surface area contributed by atoms with E-state index in [2.05, 4.69) is 10.6 Å². The van der Waals surface area contributed by atoms with Crippen LogP contribution in [0.2, 0.25) is 0 Å². The summed E-state index contributed by atoms with van der Waals surface area (Å²) in [5.74, 6) is 0. The van der Waals surface area contributed by atoms with Crippen molar-refractivity contribution in [2.75, 3.05) is 25.5 Å². The second-order valence-corrected chi connectivity index (χ2v) is 5.52. The van der Waals surface area contributed by atoms with Gasteiger partial charge in [-0.2, -0.15) is 0 Å². The summed E-state index contributed by atoms with van der Waals surface area (Å²) in [4.78, 5) is 0. The molecule has 3 N–H and O–H groups in total. The molecule has 1 heterocycles. The summed E-state index contributed by atoms with van der Waals surface area (Å²) >= 11 is 0. The van der Waals surface area contributed by atoms with Gasteiger partial charge in [0.05, 0.1) is 0 Å². The molecule has 0 radical (unpaired) electrons. The normalized spacial score (nSPS) is 17.2. The molecule has 1 aromatic carbocycles. The summed E-state index contributed by atoms with van der Waals surface area (Å²) in [6, 6.07) is 3.41. The lowest BCUT2D eigenvalue weighted by Gasteiger charge is -2.30. The van der Waals surface area contributed by atoms with Gasteiger partial charge in [-0.25, -0.2) is 8.78 Å². The van der Waals surface area contributed by atoms with Gasteiger partial charge in [-0.3, -0.25) is 0 Å². The van der Waals surface area contributed by atoms with E-state index >= 15 is 0 Å². The Bertz CT molecular complexity index is 502. The van der Waals surface area contributed by atoms with Crippen molar-refractivity contribution >= 4 is 11.9 Å². The van der Waals surface area contributed by atoms with E-state index in [-0.39, 0.29) is 5.56 Å². The van der Waals surface area contributed by atoms with Crippen LogP contribution < -0.4 is 10.6 Å². The smallest absolute Gasteiger partial charge is 0.264 e. The lowest BCUT2D eigenvalue weighted by Crippen LogP contribution is -2.36. The molecule has 0 aliphatic carbocycles. The first-order chi connectivity index (χ1) is 9.51. The molecule has 1 unspecified atom stereocenters. The van der Waals surface area contributed by atoms with E-state index in [0.29, 0.717) is 12.1 Å². The molecule has 0 spiro atoms. The van der Waals surface area contributed by atoms with E-state index in [1.54, 1.807) is 13.1 Å². The van der Waals surface area contributed by atoms with Crippen molar-refractivity contribution in [1.29, 1.82) is 5.41 Å². The number of hydrogen-bond donors (Lipinski definition) is 3. The first-order valence-electron chi connectivity index (χ1n) is 6.87. The Balaban J connectivity index is 2.57. The molecule has 110 valence electrons. The standard InChI is InChI=1S/C15H21F2N3/c1-15(8-18,9-19-2)12-6-10-4-3-5-20-13(10)7-11(12)14(16)17/h6-8,14,18-20H,3-5,9H2,1-2H3. The molecule has 20 heavy (non-hydrogen) atoms. The minimum atomic E-state index is -2.53. The molecule has 0 saturated carbocycles. The Kier molecular flexibility index (Phi) is 4.38. The van der Waals surface area contributed by atoms with Gasteiger partial charge >= 0.3 is 0 Å². The predicted molar refractivity (Wildman–Crippen MR) is 78.3 cm³/mol. The average molecular weight is 281 g/mol. The summed E-state index contributed by atoms with van der Waals surface area (Å²) in [5.41, 5.74) is 1.75. The van der Waals surface area contributed by atoms with Gasteiger partial charge in [0, 0.05) is 36.0 Å². The van der Waals surface area contributed by atoms with Gasteiger partial charge in [-0.1, -0.05) is 6.07 Å². The number of halogens is 2. The second-order valence-electron chi connectivity index (χ2n) is 5.52. The maximum absolute atomic E-state index is 13.4. The van der Waals surface area contributed by atoms with Crippen molar-refractivity contribution in [3.8, 4) is 0 Å². The van der Waals surface area contributed by atoms with Crippen LogP contribution in [0.25, 0.3) is 0 Å². The minimum Gasteiger partial charge on any atom is -0.385 e. The fourth-order valence-electron chi connectivity index (χ4n) is 2.80. The zero-order chi connectivity index (χ0) is 14.8. The number of rotatable bonds is 5. The first kappa shape index (κ1) is 14.9. The molecule has 0 saturated heterocycles. The molecule has 0 amide bonds. The lowest BCUT2D eigenvalue weighted by molar-refractivity contribution is 0.149. The molecular formula is C15H21F2N3. The molecule has 1 atom stereocenters. The summed E-state index contributed by atoms with van der Waals surface area (Å²) < 4.78 is 26.8. The highest BCUT2D eigenvalue weighted by Gasteiger charge is 2.30. The number of aryl methyl sites for hydroxylation is 1. The fraction of sp³-hybridized carbons (Fsp3) is 0.533. The van der Waals surface area contributed by atoms with Crippen LogP contribution in [0.4, 0.5) is 14.5 Å². The van der Waals surface area contributed by atoms with Crippen LogP contribution >= 0.6 is 0 Å². The number of nitrogens with one attached hydrogen (secondary N) is 3. The average Bonchev–Trinajstić information content (AvgIpc) is 2.46. The second kappa shape index (κ2) is 5.87. The fourth-order valence-corrected chi connectivity index (χ4v) is 2.80. The summed E-state index contributed by atoms with van der Waals surface area (Å²) in [6.07, 6.45) is 0.628. The third-order valence-corrected chi connectivity index (χ3v) is 3.93. The molecule has 5 heteroatoms.